The quantitative estimate of drug-likeness (QED) is 0.788. The van der Waals surface area contributed by atoms with Crippen LogP contribution in [0.4, 0.5) is 0 Å². The molecule has 0 saturated heterocycles. The fraction of sp³-hybridized carbons (Fsp3) is 0.533. The molecule has 0 amide bonds. The largest absolute Gasteiger partial charge is 0.489 e. The van der Waals surface area contributed by atoms with E-state index in [9.17, 15) is 0 Å². The van der Waals surface area contributed by atoms with Gasteiger partial charge in [-0.25, -0.2) is 0 Å². The van der Waals surface area contributed by atoms with Gasteiger partial charge < -0.3 is 4.74 Å². The maximum absolute atomic E-state index is 9.00. The second kappa shape index (κ2) is 5.23. The fourth-order valence-corrected chi connectivity index (χ4v) is 2.32. The number of hydrogen-bond acceptors (Lipinski definition) is 2. The summed E-state index contributed by atoms with van der Waals surface area (Å²) in [5, 5.41) is 9.00. The summed E-state index contributed by atoms with van der Waals surface area (Å²) < 4.78 is 5.89. The summed E-state index contributed by atoms with van der Waals surface area (Å²) in [6.45, 7) is 4.36. The lowest BCUT2D eigenvalue weighted by molar-refractivity contribution is 0.182. The highest BCUT2D eigenvalue weighted by atomic mass is 16.5. The Balaban J connectivity index is 2.02. The Morgan fingerprint density at radius 1 is 1.24 bits per heavy atom. The average Bonchev–Trinajstić information content (AvgIpc) is 2.77. The van der Waals surface area contributed by atoms with E-state index in [0.29, 0.717) is 5.92 Å². The van der Waals surface area contributed by atoms with E-state index in [0.717, 1.165) is 25.0 Å². The zero-order valence-electron chi connectivity index (χ0n) is 10.5. The van der Waals surface area contributed by atoms with Crippen LogP contribution in [0.25, 0.3) is 0 Å². The summed E-state index contributed by atoms with van der Waals surface area (Å²) in [5.74, 6) is 1.50. The van der Waals surface area contributed by atoms with Gasteiger partial charge in [-0.15, -0.1) is 0 Å². The molecular formula is C15H19NO. The van der Waals surface area contributed by atoms with Gasteiger partial charge in [-0.05, 0) is 42.9 Å². The predicted molar refractivity (Wildman–Crippen MR) is 67.9 cm³/mol. The number of benzene rings is 1. The van der Waals surface area contributed by atoms with Gasteiger partial charge in [0.15, 0.2) is 0 Å². The molecule has 17 heavy (non-hydrogen) atoms. The molecule has 1 saturated carbocycles. The molecule has 0 heterocycles. The Bertz CT molecular complexity index is 402. The third-order valence-electron chi connectivity index (χ3n) is 3.45. The highest BCUT2D eigenvalue weighted by molar-refractivity contribution is 5.29. The minimum absolute atomic E-state index is 0.0692. The van der Waals surface area contributed by atoms with Crippen LogP contribution in [0.2, 0.25) is 0 Å². The molecule has 2 nitrogen and oxygen atoms in total. The van der Waals surface area contributed by atoms with Crippen LogP contribution < -0.4 is 4.74 Å². The molecule has 0 N–H and O–H groups in total. The summed E-state index contributed by atoms with van der Waals surface area (Å²) in [4.78, 5) is 0. The van der Waals surface area contributed by atoms with Crippen molar-refractivity contribution in [3.8, 4) is 11.8 Å². The Labute approximate surface area is 103 Å². The van der Waals surface area contributed by atoms with E-state index in [1.54, 1.807) is 0 Å². The van der Waals surface area contributed by atoms with Gasteiger partial charge in [-0.2, -0.15) is 5.26 Å². The smallest absolute Gasteiger partial charge is 0.119 e. The normalized spacial score (nSPS) is 23.6. The van der Waals surface area contributed by atoms with E-state index < -0.39 is 0 Å². The number of nitrogens with zero attached hydrogens (tertiary/aromatic N) is 1. The summed E-state index contributed by atoms with van der Waals surface area (Å²) in [6, 6.07) is 10.6. The molecule has 1 fully saturated rings. The second-order valence-corrected chi connectivity index (χ2v) is 5.05. The highest BCUT2D eigenvalue weighted by Gasteiger charge is 2.28. The first-order chi connectivity index (χ1) is 8.20. The van der Waals surface area contributed by atoms with Gasteiger partial charge in [-0.1, -0.05) is 26.0 Å². The summed E-state index contributed by atoms with van der Waals surface area (Å²) in [6.07, 6.45) is 3.17. The summed E-state index contributed by atoms with van der Waals surface area (Å²) in [5.41, 5.74) is 1.32. The number of nitriles is 1. The van der Waals surface area contributed by atoms with Gasteiger partial charge in [0.1, 0.15) is 11.9 Å². The first kappa shape index (κ1) is 12.0. The van der Waals surface area contributed by atoms with Crippen LogP contribution in [0, 0.1) is 17.2 Å². The van der Waals surface area contributed by atoms with E-state index in [1.165, 1.54) is 5.56 Å². The topological polar surface area (TPSA) is 33.0 Å². The molecule has 2 unspecified atom stereocenters. The molecular weight excluding hydrogens is 210 g/mol. The van der Waals surface area contributed by atoms with Crippen molar-refractivity contribution in [3.63, 3.8) is 0 Å². The second-order valence-electron chi connectivity index (χ2n) is 5.05. The van der Waals surface area contributed by atoms with Crippen LogP contribution in [-0.2, 0) is 0 Å². The van der Waals surface area contributed by atoms with Crippen LogP contribution in [0.15, 0.2) is 24.3 Å². The van der Waals surface area contributed by atoms with Gasteiger partial charge in [0.25, 0.3) is 0 Å². The zero-order valence-corrected chi connectivity index (χ0v) is 10.5. The fourth-order valence-electron chi connectivity index (χ4n) is 2.32. The molecule has 0 radical (unpaired) electrons. The molecule has 2 rings (SSSR count). The minimum atomic E-state index is 0.0692. The van der Waals surface area contributed by atoms with Gasteiger partial charge in [-0.3, -0.25) is 0 Å². The Hall–Kier alpha value is -1.49. The first-order valence-electron chi connectivity index (χ1n) is 6.37. The lowest BCUT2D eigenvalue weighted by Crippen LogP contribution is -2.20. The molecule has 0 aliphatic heterocycles. The van der Waals surface area contributed by atoms with Crippen LogP contribution >= 0.6 is 0 Å². The van der Waals surface area contributed by atoms with Crippen molar-refractivity contribution in [1.29, 1.82) is 5.26 Å². The van der Waals surface area contributed by atoms with Gasteiger partial charge >= 0.3 is 0 Å². The van der Waals surface area contributed by atoms with E-state index in [-0.39, 0.29) is 12.0 Å². The van der Waals surface area contributed by atoms with E-state index >= 15 is 0 Å². The first-order valence-corrected chi connectivity index (χ1v) is 6.37. The van der Waals surface area contributed by atoms with Crippen molar-refractivity contribution >= 4 is 0 Å². The van der Waals surface area contributed by atoms with Crippen LogP contribution in [-0.4, -0.2) is 6.10 Å². The van der Waals surface area contributed by atoms with E-state index in [4.69, 9.17) is 10.00 Å². The molecule has 2 heteroatoms. The Morgan fingerprint density at radius 3 is 2.53 bits per heavy atom. The molecule has 1 aromatic rings. The molecule has 90 valence electrons. The Morgan fingerprint density at radius 2 is 1.94 bits per heavy atom. The third-order valence-corrected chi connectivity index (χ3v) is 3.45. The van der Waals surface area contributed by atoms with Crippen molar-refractivity contribution in [2.45, 2.75) is 45.1 Å². The number of hydrogen-bond donors (Lipinski definition) is 0. The van der Waals surface area contributed by atoms with Crippen molar-refractivity contribution in [1.82, 2.24) is 0 Å². The van der Waals surface area contributed by atoms with Crippen LogP contribution in [0.5, 0.6) is 5.75 Å². The van der Waals surface area contributed by atoms with Gasteiger partial charge in [0.05, 0.1) is 12.0 Å². The van der Waals surface area contributed by atoms with Crippen molar-refractivity contribution in [2.24, 2.45) is 5.92 Å². The van der Waals surface area contributed by atoms with Gasteiger partial charge in [0, 0.05) is 0 Å². The molecule has 0 aromatic heterocycles. The highest BCUT2D eigenvalue weighted by Crippen LogP contribution is 2.29. The maximum atomic E-state index is 9.00. The maximum Gasteiger partial charge on any atom is 0.119 e. The van der Waals surface area contributed by atoms with Crippen molar-refractivity contribution in [2.75, 3.05) is 0 Å². The summed E-state index contributed by atoms with van der Waals surface area (Å²) in [7, 11) is 0. The lowest BCUT2D eigenvalue weighted by Gasteiger charge is -2.16. The molecule has 0 spiro atoms. The Kier molecular flexibility index (Phi) is 3.68. The predicted octanol–water partition coefficient (Wildman–Crippen LogP) is 3.88. The van der Waals surface area contributed by atoms with E-state index in [2.05, 4.69) is 32.0 Å². The van der Waals surface area contributed by atoms with Crippen molar-refractivity contribution in [3.05, 3.63) is 29.8 Å². The monoisotopic (exact) mass is 229 g/mol. The van der Waals surface area contributed by atoms with Crippen LogP contribution in [0.3, 0.4) is 0 Å². The minimum Gasteiger partial charge on any atom is -0.489 e. The van der Waals surface area contributed by atoms with Gasteiger partial charge in [0.2, 0.25) is 0 Å². The third kappa shape index (κ3) is 2.79. The molecule has 0 bridgehead atoms. The molecule has 1 aliphatic carbocycles. The average molecular weight is 229 g/mol. The standard InChI is InChI=1S/C15H19NO/c1-11(2)12-6-8-14(9-7-12)17-15-5-3-4-13(15)10-16/h6-9,11,13,15H,3-5H2,1-2H3. The number of rotatable bonds is 3. The molecule has 2 atom stereocenters. The number of ether oxygens (including phenoxy) is 1. The summed E-state index contributed by atoms with van der Waals surface area (Å²) >= 11 is 0. The van der Waals surface area contributed by atoms with Crippen LogP contribution in [0.1, 0.15) is 44.6 Å². The molecule has 1 aromatic carbocycles. The zero-order chi connectivity index (χ0) is 12.3. The molecule has 1 aliphatic rings. The SMILES string of the molecule is CC(C)c1ccc(OC2CCCC2C#N)cc1. The van der Waals surface area contributed by atoms with E-state index in [1.807, 2.05) is 12.1 Å². The lowest BCUT2D eigenvalue weighted by atomic mass is 10.0. The van der Waals surface area contributed by atoms with Crippen molar-refractivity contribution < 1.29 is 4.74 Å².